The summed E-state index contributed by atoms with van der Waals surface area (Å²) in [6.45, 7) is 13.5. The van der Waals surface area contributed by atoms with E-state index in [0.717, 1.165) is 158 Å². The summed E-state index contributed by atoms with van der Waals surface area (Å²) in [7, 11) is 0. The minimum absolute atomic E-state index is 0.000310. The molecule has 3 aromatic heterocycles. The average Bonchev–Trinajstić information content (AvgIpc) is 2.30. The zero-order valence-corrected chi connectivity index (χ0v) is 55.7. The number of piperazine rings is 2. The van der Waals surface area contributed by atoms with Crippen molar-refractivity contribution in [2.45, 2.75) is 186 Å². The first-order chi connectivity index (χ1) is 44.1. The number of unbranched alkanes of at least 4 members (excludes halogenated alkanes) is 15. The van der Waals surface area contributed by atoms with Gasteiger partial charge in [0.15, 0.2) is 6.04 Å². The standard InChI is InChI=1S/C64H111N17O8S/c1-5-42-87-44-46-89-47-45-88-43-33-68-62-69-63(78-38-34-76(35-39-78)58(83)28-19-15-11-7-9-13-17-23-31-66-60(85)56(27-21-22-30-65)80-51-55(73-75-80)49-53(3)6-2)71-64(70-62)79-40-36-77(37-41-79)59(84)29-20-16-12-8-10-14-18-24-32-67-61(86)57(52-82)81-50-54(72-74-81)26-25-48-90-4/h1,50-51,53,56-57,82H,6-49,52,65H2,2-4H3,(H,66,85)(H,67,86)(H,68,69,70,71)/t53-,56-,57-/m0/s1. The highest BCUT2D eigenvalue weighted by atomic mass is 32.2. The lowest BCUT2D eigenvalue weighted by Gasteiger charge is -2.36. The SMILES string of the molecule is C#CCOCCOCCOCCNc1nc(N2CCN(C(=O)CCCCCCCCCCNC(=O)[C@H](CO)n3cc(CCCSC)nn3)CC2)nc(N2CCN(C(=O)CCCCCCCCCCNC(=O)[C@H](CCCCN)n3cc(C[C@@H](C)CC)nn3)CC2)n1. The first kappa shape index (κ1) is 75.0. The number of hydrogen-bond acceptors (Lipinski definition) is 20. The maximum atomic E-state index is 13.4. The summed E-state index contributed by atoms with van der Waals surface area (Å²) in [6, 6.07) is -1.14. The lowest BCUT2D eigenvalue weighted by atomic mass is 10.0. The minimum Gasteiger partial charge on any atom is -0.394 e. The van der Waals surface area contributed by atoms with Gasteiger partial charge in [0.05, 0.1) is 51.0 Å². The number of aromatic nitrogens is 9. The maximum absolute atomic E-state index is 13.4. The van der Waals surface area contributed by atoms with Crippen LogP contribution in [-0.2, 0) is 46.2 Å². The molecule has 0 aromatic carbocycles. The number of aryl methyl sites for hydroxylation is 1. The number of nitrogens with one attached hydrogen (secondary N) is 3. The van der Waals surface area contributed by atoms with Crippen LogP contribution in [0.15, 0.2) is 12.4 Å². The number of ether oxygens (including phenoxy) is 3. The predicted octanol–water partition coefficient (Wildman–Crippen LogP) is 6.19. The van der Waals surface area contributed by atoms with E-state index in [0.29, 0.717) is 155 Å². The van der Waals surface area contributed by atoms with Gasteiger partial charge in [-0.2, -0.15) is 26.7 Å². The molecule has 3 aromatic rings. The summed E-state index contributed by atoms with van der Waals surface area (Å²) < 4.78 is 19.8. The van der Waals surface area contributed by atoms with Gasteiger partial charge in [0.2, 0.25) is 41.5 Å². The van der Waals surface area contributed by atoms with E-state index in [4.69, 9.17) is 41.3 Å². The number of aliphatic hydroxyl groups excluding tert-OH is 1. The second-order valence-corrected chi connectivity index (χ2v) is 24.8. The Kier molecular flexibility index (Phi) is 38.6. The molecule has 4 amide bonds. The third kappa shape index (κ3) is 29.7. The molecule has 0 saturated carbocycles. The van der Waals surface area contributed by atoms with Crippen molar-refractivity contribution in [3.05, 3.63) is 23.8 Å². The number of carbonyl (C=O) groups is 4. The van der Waals surface area contributed by atoms with Crippen LogP contribution >= 0.6 is 11.8 Å². The van der Waals surface area contributed by atoms with Gasteiger partial charge < -0.3 is 60.6 Å². The van der Waals surface area contributed by atoms with Gasteiger partial charge in [0, 0.05) is 97.2 Å². The van der Waals surface area contributed by atoms with E-state index in [1.165, 1.54) is 4.68 Å². The van der Waals surface area contributed by atoms with Crippen LogP contribution in [0, 0.1) is 18.3 Å². The number of amides is 4. The van der Waals surface area contributed by atoms with Gasteiger partial charge >= 0.3 is 0 Å². The van der Waals surface area contributed by atoms with E-state index in [-0.39, 0.29) is 42.9 Å². The zero-order valence-electron chi connectivity index (χ0n) is 54.9. The first-order valence-corrected chi connectivity index (χ1v) is 35.3. The number of aliphatic hydroxyl groups is 1. The normalized spacial score (nSPS) is 14.6. The lowest BCUT2D eigenvalue weighted by molar-refractivity contribution is -0.132. The van der Waals surface area contributed by atoms with Crippen molar-refractivity contribution >= 4 is 53.2 Å². The van der Waals surface area contributed by atoms with Crippen LogP contribution < -0.4 is 31.5 Å². The Labute approximate surface area is 541 Å². The Morgan fingerprint density at radius 2 is 1.11 bits per heavy atom. The second-order valence-electron chi connectivity index (χ2n) is 23.8. The summed E-state index contributed by atoms with van der Waals surface area (Å²) in [5.41, 5.74) is 7.51. The highest BCUT2D eigenvalue weighted by Gasteiger charge is 2.28. The molecule has 3 atom stereocenters. The number of rotatable bonds is 51. The number of nitrogens with two attached hydrogens (primary N) is 1. The monoisotopic (exact) mass is 1280 g/mol. The number of nitrogens with zero attached hydrogens (tertiary/aromatic N) is 13. The molecule has 0 unspecified atom stereocenters. The number of hydrogen-bond donors (Lipinski definition) is 5. The molecule has 5 rings (SSSR count). The maximum Gasteiger partial charge on any atom is 0.247 e. The van der Waals surface area contributed by atoms with Crippen molar-refractivity contribution in [3.63, 3.8) is 0 Å². The van der Waals surface area contributed by atoms with Crippen LogP contribution in [0.3, 0.4) is 0 Å². The fourth-order valence-corrected chi connectivity index (χ4v) is 11.4. The van der Waals surface area contributed by atoms with Crippen molar-refractivity contribution in [2.24, 2.45) is 11.7 Å². The van der Waals surface area contributed by atoms with Crippen molar-refractivity contribution in [2.75, 3.05) is 152 Å². The molecule has 0 bridgehead atoms. The van der Waals surface area contributed by atoms with Crippen molar-refractivity contribution in [3.8, 4) is 12.3 Å². The predicted molar refractivity (Wildman–Crippen MR) is 354 cm³/mol. The quantitative estimate of drug-likeness (QED) is 0.0311. The summed E-state index contributed by atoms with van der Waals surface area (Å²) in [4.78, 5) is 75.6. The summed E-state index contributed by atoms with van der Waals surface area (Å²) in [5.74, 6) is 5.68. The van der Waals surface area contributed by atoms with E-state index in [2.05, 4.69) is 72.4 Å². The van der Waals surface area contributed by atoms with Gasteiger partial charge in [-0.15, -0.1) is 16.6 Å². The number of anilines is 3. The molecule has 6 N–H and O–H groups in total. The molecular formula is C64H111N17O8S. The van der Waals surface area contributed by atoms with Gasteiger partial charge in [-0.1, -0.05) is 114 Å². The van der Waals surface area contributed by atoms with Crippen LogP contribution in [0.5, 0.6) is 0 Å². The van der Waals surface area contributed by atoms with E-state index < -0.39 is 6.04 Å². The molecule has 2 fully saturated rings. The second kappa shape index (κ2) is 46.4. The summed E-state index contributed by atoms with van der Waals surface area (Å²) >= 11 is 1.78. The Balaban J connectivity index is 0.952. The molecule has 506 valence electrons. The molecule has 0 aliphatic carbocycles. The van der Waals surface area contributed by atoms with Gasteiger partial charge in [-0.25, -0.2) is 9.36 Å². The van der Waals surface area contributed by atoms with Crippen molar-refractivity contribution in [1.29, 1.82) is 0 Å². The van der Waals surface area contributed by atoms with E-state index in [1.807, 2.05) is 16.0 Å². The topological polar surface area (TPSA) is 291 Å². The van der Waals surface area contributed by atoms with E-state index in [9.17, 15) is 24.3 Å². The molecule has 25 nitrogen and oxygen atoms in total. The van der Waals surface area contributed by atoms with Crippen LogP contribution in [0.2, 0.25) is 0 Å². The average molecular weight is 1280 g/mol. The highest BCUT2D eigenvalue weighted by Crippen LogP contribution is 2.23. The van der Waals surface area contributed by atoms with E-state index in [1.54, 1.807) is 22.6 Å². The molecule has 2 aliphatic rings. The highest BCUT2D eigenvalue weighted by molar-refractivity contribution is 7.98. The summed E-state index contributed by atoms with van der Waals surface area (Å²) in [6.07, 6.45) is 34.8. The molecule has 2 saturated heterocycles. The van der Waals surface area contributed by atoms with Gasteiger partial charge in [-0.05, 0) is 88.7 Å². The van der Waals surface area contributed by atoms with Crippen molar-refractivity contribution < 1.29 is 38.5 Å². The third-order valence-electron chi connectivity index (χ3n) is 16.6. The number of carbonyl (C=O) groups excluding carboxylic acids is 4. The van der Waals surface area contributed by atoms with Gasteiger partial charge in [0.1, 0.15) is 12.6 Å². The summed E-state index contributed by atoms with van der Waals surface area (Å²) in [5, 5.41) is 36.3. The van der Waals surface area contributed by atoms with Crippen LogP contribution in [-0.4, -0.2) is 220 Å². The molecule has 0 spiro atoms. The third-order valence-corrected chi connectivity index (χ3v) is 17.3. The Morgan fingerprint density at radius 3 is 1.63 bits per heavy atom. The molecule has 90 heavy (non-hydrogen) atoms. The Bertz CT molecular complexity index is 2470. The fraction of sp³-hybridized carbons (Fsp3) is 0.797. The minimum atomic E-state index is -0.775. The number of terminal acetylenes is 1. The number of thioether (sulfide) groups is 1. The van der Waals surface area contributed by atoms with Crippen molar-refractivity contribution in [1.82, 2.24) is 65.4 Å². The molecule has 0 radical (unpaired) electrons. The van der Waals surface area contributed by atoms with Gasteiger partial charge in [-0.3, -0.25) is 19.2 Å². The zero-order chi connectivity index (χ0) is 64.2. The largest absolute Gasteiger partial charge is 0.394 e. The molecular weight excluding hydrogens is 1170 g/mol. The van der Waals surface area contributed by atoms with Crippen LogP contribution in [0.1, 0.15) is 185 Å². The smallest absolute Gasteiger partial charge is 0.247 e. The van der Waals surface area contributed by atoms with Gasteiger partial charge in [0.25, 0.3) is 0 Å². The molecule has 2 aliphatic heterocycles. The Hall–Kier alpha value is -5.72. The first-order valence-electron chi connectivity index (χ1n) is 34.0. The van der Waals surface area contributed by atoms with Crippen LogP contribution in [0.4, 0.5) is 17.8 Å². The van der Waals surface area contributed by atoms with E-state index >= 15 is 0 Å². The fourth-order valence-electron chi connectivity index (χ4n) is 10.9. The molecule has 5 heterocycles. The Morgan fingerprint density at radius 1 is 0.622 bits per heavy atom. The lowest BCUT2D eigenvalue weighted by Crippen LogP contribution is -2.50. The van der Waals surface area contributed by atoms with Crippen LogP contribution in [0.25, 0.3) is 0 Å². The molecule has 26 heteroatoms.